The average molecular weight is 541 g/mol. The highest BCUT2D eigenvalue weighted by atomic mass is 16.5. The molecule has 1 N–H and O–H groups in total. The van der Waals surface area contributed by atoms with Gasteiger partial charge in [-0.1, -0.05) is 38.0 Å². The number of likely N-dealkylation sites (tertiary alicyclic amines) is 2. The monoisotopic (exact) mass is 540 g/mol. The van der Waals surface area contributed by atoms with Crippen LogP contribution < -0.4 is 5.32 Å². The SMILES string of the molecule is COCCN1CCC(c2ccc(C(=O)N[C@@H](CC(C)(C)C)C(=O)N3C[C@H](N=[N+]=[N-])[C@H]4OCC(=O)[C@H]43)cc2)CC1. The fraction of sp³-hybridized carbons (Fsp3) is 0.679. The summed E-state index contributed by atoms with van der Waals surface area (Å²) in [6.07, 6.45) is 1.86. The fourth-order valence-electron chi connectivity index (χ4n) is 5.90. The van der Waals surface area contributed by atoms with Crippen molar-refractivity contribution in [1.82, 2.24) is 15.1 Å². The first kappa shape index (κ1) is 29.0. The van der Waals surface area contributed by atoms with Crippen LogP contribution in [-0.2, 0) is 19.1 Å². The van der Waals surface area contributed by atoms with E-state index in [4.69, 9.17) is 15.0 Å². The molecule has 0 aliphatic carbocycles. The number of methoxy groups -OCH3 is 1. The molecular weight excluding hydrogens is 500 g/mol. The molecule has 0 saturated carbocycles. The molecule has 1 aromatic carbocycles. The summed E-state index contributed by atoms with van der Waals surface area (Å²) in [6.45, 7) is 9.69. The van der Waals surface area contributed by atoms with Gasteiger partial charge in [0.2, 0.25) is 5.91 Å². The minimum Gasteiger partial charge on any atom is -0.383 e. The van der Waals surface area contributed by atoms with Crippen LogP contribution in [0.1, 0.15) is 61.9 Å². The number of ketones is 1. The number of rotatable bonds is 9. The third-order valence-electron chi connectivity index (χ3n) is 7.90. The van der Waals surface area contributed by atoms with Crippen molar-refractivity contribution in [2.75, 3.05) is 46.5 Å². The van der Waals surface area contributed by atoms with Crippen LogP contribution in [-0.4, -0.2) is 98.1 Å². The number of hydrogen-bond acceptors (Lipinski definition) is 7. The van der Waals surface area contributed by atoms with Gasteiger partial charge in [-0.3, -0.25) is 14.4 Å². The number of amides is 2. The van der Waals surface area contributed by atoms with Crippen LogP contribution in [0.3, 0.4) is 0 Å². The molecule has 3 fully saturated rings. The van der Waals surface area contributed by atoms with Crippen molar-refractivity contribution in [1.29, 1.82) is 0 Å². The Balaban J connectivity index is 1.43. The second-order valence-corrected chi connectivity index (χ2v) is 12.0. The van der Waals surface area contributed by atoms with Crippen molar-refractivity contribution in [3.05, 3.63) is 45.8 Å². The summed E-state index contributed by atoms with van der Waals surface area (Å²) in [5.74, 6) is -0.464. The fourth-order valence-corrected chi connectivity index (χ4v) is 5.90. The van der Waals surface area contributed by atoms with Crippen molar-refractivity contribution in [2.45, 2.75) is 70.2 Å². The number of ether oxygens (including phenoxy) is 2. The first-order chi connectivity index (χ1) is 18.6. The van der Waals surface area contributed by atoms with Crippen LogP contribution in [0.2, 0.25) is 0 Å². The Morgan fingerprint density at radius 2 is 1.92 bits per heavy atom. The maximum atomic E-state index is 13.7. The molecule has 3 aliphatic rings. The van der Waals surface area contributed by atoms with E-state index in [1.807, 2.05) is 45.0 Å². The van der Waals surface area contributed by atoms with Gasteiger partial charge in [0.25, 0.3) is 5.91 Å². The minimum absolute atomic E-state index is 0.0828. The van der Waals surface area contributed by atoms with Crippen LogP contribution in [0, 0.1) is 5.41 Å². The van der Waals surface area contributed by atoms with Crippen LogP contribution in [0.15, 0.2) is 29.4 Å². The number of Topliss-reactive ketones (excluding diaryl/α,β-unsaturated/α-hetero) is 1. The van der Waals surface area contributed by atoms with E-state index in [1.54, 1.807) is 7.11 Å². The van der Waals surface area contributed by atoms with Gasteiger partial charge < -0.3 is 24.6 Å². The molecule has 3 aliphatic heterocycles. The molecule has 11 nitrogen and oxygen atoms in total. The number of piperidine rings is 1. The molecule has 3 saturated heterocycles. The standard InChI is InChI=1S/C28H40N6O5/c1-28(2,3)15-21(27(37)34-16-22(31-32-29)25-24(34)23(35)17-39-25)30-26(36)20-7-5-18(6-8-20)19-9-11-33(12-10-19)13-14-38-4/h5-8,19,21-22,24-25H,9-17H2,1-4H3,(H,30,36)/t21-,22-,24+,25+/m0/s1. The Kier molecular flexibility index (Phi) is 9.27. The highest BCUT2D eigenvalue weighted by molar-refractivity contribution is 5.99. The van der Waals surface area contributed by atoms with Crippen molar-refractivity contribution in [3.63, 3.8) is 0 Å². The quantitative estimate of drug-likeness (QED) is 0.290. The topological polar surface area (TPSA) is 137 Å². The molecule has 39 heavy (non-hydrogen) atoms. The number of nitrogens with zero attached hydrogens (tertiary/aromatic N) is 5. The second kappa shape index (κ2) is 12.5. The summed E-state index contributed by atoms with van der Waals surface area (Å²) < 4.78 is 10.7. The van der Waals surface area contributed by atoms with E-state index in [-0.39, 0.29) is 36.2 Å². The van der Waals surface area contributed by atoms with E-state index in [9.17, 15) is 14.4 Å². The first-order valence-electron chi connectivity index (χ1n) is 13.7. The summed E-state index contributed by atoms with van der Waals surface area (Å²) in [4.78, 5) is 46.3. The van der Waals surface area contributed by atoms with Crippen LogP contribution in [0.5, 0.6) is 0 Å². The van der Waals surface area contributed by atoms with Gasteiger partial charge in [0.1, 0.15) is 18.7 Å². The van der Waals surface area contributed by atoms with E-state index >= 15 is 0 Å². The van der Waals surface area contributed by atoms with Gasteiger partial charge in [0.05, 0.1) is 18.8 Å². The predicted molar refractivity (Wildman–Crippen MR) is 145 cm³/mol. The molecular formula is C28H40N6O5. The second-order valence-electron chi connectivity index (χ2n) is 12.0. The van der Waals surface area contributed by atoms with E-state index in [0.29, 0.717) is 17.9 Å². The Morgan fingerprint density at radius 1 is 1.23 bits per heavy atom. The molecule has 11 heteroatoms. The van der Waals surface area contributed by atoms with Crippen molar-refractivity contribution < 1.29 is 23.9 Å². The number of hydrogen-bond donors (Lipinski definition) is 1. The zero-order chi connectivity index (χ0) is 28.2. The van der Waals surface area contributed by atoms with Gasteiger partial charge >= 0.3 is 0 Å². The van der Waals surface area contributed by atoms with Gasteiger partial charge in [-0.15, -0.1) is 0 Å². The highest BCUT2D eigenvalue weighted by Gasteiger charge is 2.53. The summed E-state index contributed by atoms with van der Waals surface area (Å²) in [6, 6.07) is 5.38. The lowest BCUT2D eigenvalue weighted by Gasteiger charge is -2.32. The number of fused-ring (bicyclic) bond motifs is 1. The molecule has 1 aromatic rings. The van der Waals surface area contributed by atoms with Gasteiger partial charge in [0, 0.05) is 30.7 Å². The summed E-state index contributed by atoms with van der Waals surface area (Å²) >= 11 is 0. The normalized spacial score (nSPS) is 24.8. The molecule has 0 aromatic heterocycles. The Labute approximate surface area is 229 Å². The van der Waals surface area contributed by atoms with E-state index in [1.165, 1.54) is 10.5 Å². The smallest absolute Gasteiger partial charge is 0.251 e. The molecule has 212 valence electrons. The zero-order valence-corrected chi connectivity index (χ0v) is 23.3. The third-order valence-corrected chi connectivity index (χ3v) is 7.90. The Morgan fingerprint density at radius 3 is 2.54 bits per heavy atom. The number of azide groups is 1. The molecule has 2 amide bonds. The Bertz CT molecular complexity index is 1090. The first-order valence-corrected chi connectivity index (χ1v) is 13.7. The molecule has 0 radical (unpaired) electrons. The lowest BCUT2D eigenvalue weighted by atomic mass is 9.87. The zero-order valence-electron chi connectivity index (χ0n) is 23.3. The molecule has 3 heterocycles. The number of carbonyl (C=O) groups excluding carboxylic acids is 3. The summed E-state index contributed by atoms with van der Waals surface area (Å²) in [5.41, 5.74) is 10.4. The molecule has 0 bridgehead atoms. The lowest BCUT2D eigenvalue weighted by Crippen LogP contribution is -2.53. The summed E-state index contributed by atoms with van der Waals surface area (Å²) in [5, 5.41) is 6.68. The van der Waals surface area contributed by atoms with Gasteiger partial charge in [-0.25, -0.2) is 0 Å². The largest absolute Gasteiger partial charge is 0.383 e. The number of benzene rings is 1. The van der Waals surface area contributed by atoms with Crippen LogP contribution >= 0.6 is 0 Å². The van der Waals surface area contributed by atoms with Crippen molar-refractivity contribution in [3.8, 4) is 0 Å². The minimum atomic E-state index is -0.840. The van der Waals surface area contributed by atoms with E-state index in [0.717, 1.165) is 39.1 Å². The van der Waals surface area contributed by atoms with Crippen LogP contribution in [0.4, 0.5) is 0 Å². The van der Waals surface area contributed by atoms with Gasteiger partial charge in [0.15, 0.2) is 5.78 Å². The molecule has 0 spiro atoms. The van der Waals surface area contributed by atoms with Gasteiger partial charge in [-0.2, -0.15) is 0 Å². The van der Waals surface area contributed by atoms with E-state index in [2.05, 4.69) is 20.2 Å². The highest BCUT2D eigenvalue weighted by Crippen LogP contribution is 2.32. The maximum absolute atomic E-state index is 13.7. The molecule has 4 atom stereocenters. The number of nitrogens with one attached hydrogen (secondary N) is 1. The van der Waals surface area contributed by atoms with Crippen LogP contribution in [0.25, 0.3) is 10.4 Å². The predicted octanol–water partition coefficient (Wildman–Crippen LogP) is 2.90. The number of carbonyl (C=O) groups is 3. The molecule has 4 rings (SSSR count). The maximum Gasteiger partial charge on any atom is 0.251 e. The lowest BCUT2D eigenvalue weighted by molar-refractivity contribution is -0.138. The van der Waals surface area contributed by atoms with Crippen molar-refractivity contribution >= 4 is 17.6 Å². The van der Waals surface area contributed by atoms with Gasteiger partial charge in [-0.05, 0) is 66.9 Å². The Hall–Kier alpha value is -2.98. The van der Waals surface area contributed by atoms with Crippen molar-refractivity contribution in [2.24, 2.45) is 10.5 Å². The van der Waals surface area contributed by atoms with E-state index < -0.39 is 24.2 Å². The average Bonchev–Trinajstić information content (AvgIpc) is 3.47. The summed E-state index contributed by atoms with van der Waals surface area (Å²) in [7, 11) is 1.72. The third kappa shape index (κ3) is 6.97. The molecule has 0 unspecified atom stereocenters.